The van der Waals surface area contributed by atoms with Crippen LogP contribution in [0.2, 0.25) is 0 Å². The maximum atomic E-state index is 7.03. The molecule has 0 amide bonds. The zero-order chi connectivity index (χ0) is 42.6. The Morgan fingerprint density at radius 2 is 0.877 bits per heavy atom. The first-order valence-electron chi connectivity index (χ1n) is 21.5. The molecule has 8 aromatic heterocycles. The molecule has 0 aliphatic rings. The van der Waals surface area contributed by atoms with Crippen molar-refractivity contribution in [1.82, 2.24) is 19.9 Å². The Labute approximate surface area is 374 Å². The van der Waals surface area contributed by atoms with Gasteiger partial charge in [-0.2, -0.15) is 0 Å². The standard InChI is InChI=1S/C56H32N4O3SSi/c1-3-11-35(12-4-1)65(36-13-5-2-6-14-36,55-53-39(23-25-57-55)41-27-33(19-21-48(41)62-53)45-29-43-37-15-7-9-17-47(37)61-50(43)31-59-45)56-54-40(24-26-58-56)42-28-34(20-22-49(42)63-54)46-30-44-38-16-8-10-18-51(38)64-52(44)32-60-46/h1-32H. The van der Waals surface area contributed by atoms with E-state index in [1.165, 1.54) is 20.2 Å². The predicted molar refractivity (Wildman–Crippen MR) is 267 cm³/mol. The minimum atomic E-state index is -3.45. The second kappa shape index (κ2) is 13.9. The van der Waals surface area contributed by atoms with Crippen molar-refractivity contribution in [3.63, 3.8) is 0 Å². The second-order valence-electron chi connectivity index (χ2n) is 16.5. The minimum absolute atomic E-state index is 0.725. The molecule has 8 heterocycles. The number of fused-ring (bicyclic) bond motifs is 12. The van der Waals surface area contributed by atoms with Crippen molar-refractivity contribution >= 4 is 126 Å². The van der Waals surface area contributed by atoms with E-state index in [1.54, 1.807) is 11.3 Å². The summed E-state index contributed by atoms with van der Waals surface area (Å²) in [7, 11) is -3.45. The zero-order valence-corrected chi connectivity index (χ0v) is 36.2. The minimum Gasteiger partial charge on any atom is -0.455 e. The third-order valence-electron chi connectivity index (χ3n) is 13.0. The van der Waals surface area contributed by atoms with Crippen LogP contribution in [-0.4, -0.2) is 28.0 Å². The third-order valence-corrected chi connectivity index (χ3v) is 18.7. The van der Waals surface area contributed by atoms with Crippen LogP contribution in [0.5, 0.6) is 0 Å². The Morgan fingerprint density at radius 3 is 1.52 bits per heavy atom. The van der Waals surface area contributed by atoms with Gasteiger partial charge in [0.1, 0.15) is 16.7 Å². The second-order valence-corrected chi connectivity index (χ2v) is 21.2. The summed E-state index contributed by atoms with van der Waals surface area (Å²) in [5.41, 5.74) is 8.38. The van der Waals surface area contributed by atoms with Gasteiger partial charge in [0.05, 0.1) is 32.9 Å². The van der Waals surface area contributed by atoms with Crippen molar-refractivity contribution < 1.29 is 13.3 Å². The molecule has 0 bridgehead atoms. The van der Waals surface area contributed by atoms with Gasteiger partial charge in [-0.1, -0.05) is 97.1 Å². The highest BCUT2D eigenvalue weighted by molar-refractivity contribution is 7.25. The zero-order valence-electron chi connectivity index (χ0n) is 34.4. The number of benzene rings is 6. The molecule has 0 aliphatic heterocycles. The number of furan rings is 3. The van der Waals surface area contributed by atoms with Gasteiger partial charge in [0.25, 0.3) is 0 Å². The molecule has 0 radical (unpaired) electrons. The molecule has 0 saturated heterocycles. The van der Waals surface area contributed by atoms with Gasteiger partial charge in [-0.25, -0.2) is 0 Å². The van der Waals surface area contributed by atoms with Crippen LogP contribution in [0.1, 0.15) is 0 Å². The fraction of sp³-hybridized carbons (Fsp3) is 0. The first kappa shape index (κ1) is 36.3. The summed E-state index contributed by atoms with van der Waals surface area (Å²) in [6, 6.07) is 59.2. The molecule has 6 aromatic carbocycles. The Kier molecular flexibility index (Phi) is 7.74. The van der Waals surface area contributed by atoms with Crippen molar-refractivity contribution in [2.45, 2.75) is 0 Å². The van der Waals surface area contributed by atoms with E-state index < -0.39 is 8.07 Å². The maximum absolute atomic E-state index is 7.03. The van der Waals surface area contributed by atoms with Gasteiger partial charge in [-0.05, 0) is 83.2 Å². The number of rotatable bonds is 6. The molecule has 0 unspecified atom stereocenters. The number of para-hydroxylation sites is 1. The quantitative estimate of drug-likeness (QED) is 0.154. The highest BCUT2D eigenvalue weighted by Gasteiger charge is 2.49. The number of aromatic nitrogens is 4. The van der Waals surface area contributed by atoms with Crippen molar-refractivity contribution in [3.8, 4) is 22.5 Å². The van der Waals surface area contributed by atoms with E-state index in [1.807, 2.05) is 49.1 Å². The SMILES string of the molecule is c1ccc([Si](c2ccccc2)(c2nccc3c2oc2ccc(-c4cc5c(cn4)oc4ccccc45)cc23)c2nccc3c2oc2ccc(-c4cc5c(cn4)sc4ccccc45)cc23)cc1. The lowest BCUT2D eigenvalue weighted by molar-refractivity contribution is 0.667. The molecule has 14 rings (SSSR count). The molecule has 0 fully saturated rings. The van der Waals surface area contributed by atoms with E-state index in [0.717, 1.165) is 109 Å². The molecule has 304 valence electrons. The van der Waals surface area contributed by atoms with Gasteiger partial charge >= 0.3 is 0 Å². The smallest absolute Gasteiger partial charge is 0.233 e. The Bertz CT molecular complexity index is 3940. The maximum Gasteiger partial charge on any atom is 0.233 e. The molecule has 0 spiro atoms. The first-order chi connectivity index (χ1) is 32.2. The number of pyridine rings is 4. The number of hydrogen-bond donors (Lipinski definition) is 0. The van der Waals surface area contributed by atoms with Crippen LogP contribution in [0.4, 0.5) is 0 Å². The van der Waals surface area contributed by atoms with Crippen LogP contribution in [0.15, 0.2) is 208 Å². The van der Waals surface area contributed by atoms with Gasteiger partial charge in [0.15, 0.2) is 16.7 Å². The lowest BCUT2D eigenvalue weighted by Crippen LogP contribution is -2.76. The number of nitrogens with zero attached hydrogens (tertiary/aromatic N) is 4. The monoisotopic (exact) mass is 868 g/mol. The molecule has 9 heteroatoms. The van der Waals surface area contributed by atoms with Crippen molar-refractivity contribution in [3.05, 3.63) is 195 Å². The van der Waals surface area contributed by atoms with Crippen LogP contribution >= 0.6 is 11.3 Å². The molecule has 7 nitrogen and oxygen atoms in total. The van der Waals surface area contributed by atoms with Crippen LogP contribution in [0, 0.1) is 0 Å². The van der Waals surface area contributed by atoms with E-state index in [4.69, 9.17) is 33.2 Å². The largest absolute Gasteiger partial charge is 0.455 e. The van der Waals surface area contributed by atoms with E-state index in [9.17, 15) is 0 Å². The normalized spacial score (nSPS) is 12.3. The Morgan fingerprint density at radius 1 is 0.354 bits per heavy atom. The summed E-state index contributed by atoms with van der Waals surface area (Å²) < 4.78 is 22.6. The van der Waals surface area contributed by atoms with Crippen LogP contribution < -0.4 is 21.0 Å². The van der Waals surface area contributed by atoms with Crippen LogP contribution in [0.3, 0.4) is 0 Å². The van der Waals surface area contributed by atoms with Gasteiger partial charge in [0, 0.05) is 77.5 Å². The first-order valence-corrected chi connectivity index (χ1v) is 24.3. The number of hydrogen-bond acceptors (Lipinski definition) is 8. The molecule has 0 atom stereocenters. The van der Waals surface area contributed by atoms with E-state index in [0.29, 0.717) is 0 Å². The number of thiophene rings is 1. The van der Waals surface area contributed by atoms with E-state index >= 15 is 0 Å². The van der Waals surface area contributed by atoms with Crippen molar-refractivity contribution in [2.75, 3.05) is 0 Å². The summed E-state index contributed by atoms with van der Waals surface area (Å²) in [6.07, 6.45) is 7.66. The van der Waals surface area contributed by atoms with Crippen LogP contribution in [0.25, 0.3) is 109 Å². The summed E-state index contributed by atoms with van der Waals surface area (Å²) in [6.45, 7) is 0. The van der Waals surface area contributed by atoms with Gasteiger partial charge < -0.3 is 13.3 Å². The van der Waals surface area contributed by atoms with E-state index in [2.05, 4.69) is 146 Å². The summed E-state index contributed by atoms with van der Waals surface area (Å²) in [5.74, 6) is 0. The van der Waals surface area contributed by atoms with Crippen molar-refractivity contribution in [2.24, 2.45) is 0 Å². The van der Waals surface area contributed by atoms with Crippen LogP contribution in [-0.2, 0) is 0 Å². The Balaban J connectivity index is 0.993. The summed E-state index contributed by atoms with van der Waals surface area (Å²) in [4.78, 5) is 20.5. The molecule has 0 N–H and O–H groups in total. The summed E-state index contributed by atoms with van der Waals surface area (Å²) in [5, 5.41) is 12.4. The summed E-state index contributed by atoms with van der Waals surface area (Å²) >= 11 is 1.77. The molecule has 14 aromatic rings. The third kappa shape index (κ3) is 5.34. The average Bonchev–Trinajstić information content (AvgIpc) is 4.15. The van der Waals surface area contributed by atoms with E-state index in [-0.39, 0.29) is 0 Å². The molecule has 65 heavy (non-hydrogen) atoms. The lowest BCUT2D eigenvalue weighted by atomic mass is 10.1. The van der Waals surface area contributed by atoms with Gasteiger partial charge in [-0.3, -0.25) is 19.9 Å². The highest BCUT2D eigenvalue weighted by Crippen LogP contribution is 2.38. The fourth-order valence-electron chi connectivity index (χ4n) is 10.0. The lowest BCUT2D eigenvalue weighted by Gasteiger charge is -2.31. The molecular weight excluding hydrogens is 837 g/mol. The topological polar surface area (TPSA) is 91.0 Å². The average molecular weight is 869 g/mol. The molecule has 0 aliphatic carbocycles. The predicted octanol–water partition coefficient (Wildman–Crippen LogP) is 12.0. The van der Waals surface area contributed by atoms with Crippen molar-refractivity contribution in [1.29, 1.82) is 0 Å². The fourth-order valence-corrected chi connectivity index (χ4v) is 15.7. The van der Waals surface area contributed by atoms with Gasteiger partial charge in [0.2, 0.25) is 8.07 Å². The molecule has 0 saturated carbocycles. The highest BCUT2D eigenvalue weighted by atomic mass is 32.1. The Hall–Kier alpha value is -8.24. The van der Waals surface area contributed by atoms with Gasteiger partial charge in [-0.15, -0.1) is 11.3 Å². The molecular formula is C56H32N4O3SSi.